The van der Waals surface area contributed by atoms with Gasteiger partial charge in [-0.05, 0) is 6.92 Å². The molecular formula is C8H10N4O2. The molecule has 0 aromatic carbocycles. The maximum absolute atomic E-state index is 11.0. The predicted molar refractivity (Wildman–Crippen MR) is 49.3 cm³/mol. The minimum atomic E-state index is -0.723. The molecule has 1 aromatic heterocycles. The van der Waals surface area contributed by atoms with Crippen LogP contribution in [0.1, 0.15) is 23.0 Å². The molecule has 0 unspecified atom stereocenters. The highest BCUT2D eigenvalue weighted by molar-refractivity contribution is 5.99. The molecule has 4 N–H and O–H groups in total. The summed E-state index contributed by atoms with van der Waals surface area (Å²) in [6.07, 6.45) is 1.23. The first-order valence-electron chi connectivity index (χ1n) is 3.91. The number of amides is 1. The Morgan fingerprint density at radius 2 is 2.07 bits per heavy atom. The number of nitrogens with two attached hydrogens (primary N) is 2. The summed E-state index contributed by atoms with van der Waals surface area (Å²) in [5.41, 5.74) is 10.8. The molecule has 14 heavy (non-hydrogen) atoms. The van der Waals surface area contributed by atoms with Crippen LogP contribution in [0.5, 0.6) is 0 Å². The summed E-state index contributed by atoms with van der Waals surface area (Å²) in [6, 6.07) is 0. The van der Waals surface area contributed by atoms with Gasteiger partial charge in [0.05, 0.1) is 5.69 Å². The normalized spacial score (nSPS) is 9.79. The lowest BCUT2D eigenvalue weighted by Crippen LogP contribution is -2.19. The van der Waals surface area contributed by atoms with E-state index in [1.165, 1.54) is 13.3 Å². The largest absolute Gasteiger partial charge is 0.383 e. The van der Waals surface area contributed by atoms with Crippen molar-refractivity contribution >= 4 is 17.5 Å². The van der Waals surface area contributed by atoms with Gasteiger partial charge in [-0.25, -0.2) is 9.97 Å². The molecule has 0 spiro atoms. The second kappa shape index (κ2) is 3.82. The van der Waals surface area contributed by atoms with Crippen LogP contribution in [-0.2, 0) is 11.2 Å². The SMILES string of the molecule is CC(=O)Cc1ncnc(N)c1C(N)=O. The summed E-state index contributed by atoms with van der Waals surface area (Å²) in [7, 11) is 0. The third-order valence-electron chi connectivity index (χ3n) is 1.62. The molecule has 0 aliphatic heterocycles. The number of anilines is 1. The van der Waals surface area contributed by atoms with Crippen LogP contribution >= 0.6 is 0 Å². The van der Waals surface area contributed by atoms with Crippen molar-refractivity contribution in [2.45, 2.75) is 13.3 Å². The highest BCUT2D eigenvalue weighted by Gasteiger charge is 2.15. The zero-order valence-electron chi connectivity index (χ0n) is 7.65. The van der Waals surface area contributed by atoms with Gasteiger partial charge in [0, 0.05) is 6.42 Å². The lowest BCUT2D eigenvalue weighted by atomic mass is 10.1. The first kappa shape index (κ1) is 10.1. The maximum Gasteiger partial charge on any atom is 0.254 e. The molecule has 0 fully saturated rings. The molecule has 0 bridgehead atoms. The second-order valence-corrected chi connectivity index (χ2v) is 2.82. The Morgan fingerprint density at radius 1 is 1.43 bits per heavy atom. The summed E-state index contributed by atoms with van der Waals surface area (Å²) in [6.45, 7) is 1.39. The van der Waals surface area contributed by atoms with Crippen molar-refractivity contribution in [3.05, 3.63) is 17.6 Å². The number of nitrogen functional groups attached to an aromatic ring is 1. The number of ketones is 1. The van der Waals surface area contributed by atoms with Crippen molar-refractivity contribution in [2.24, 2.45) is 5.73 Å². The first-order valence-corrected chi connectivity index (χ1v) is 3.91. The van der Waals surface area contributed by atoms with Gasteiger partial charge in [-0.1, -0.05) is 0 Å². The number of carbonyl (C=O) groups excluding carboxylic acids is 2. The van der Waals surface area contributed by atoms with Gasteiger partial charge in [0.2, 0.25) is 0 Å². The van der Waals surface area contributed by atoms with Crippen LogP contribution in [0, 0.1) is 0 Å². The van der Waals surface area contributed by atoms with Gasteiger partial charge in [0.25, 0.3) is 5.91 Å². The van der Waals surface area contributed by atoms with E-state index in [1.54, 1.807) is 0 Å². The lowest BCUT2D eigenvalue weighted by Gasteiger charge is -2.04. The third kappa shape index (κ3) is 2.03. The number of Topliss-reactive ketones (excluding diaryl/α,β-unsaturated/α-hetero) is 1. The van der Waals surface area contributed by atoms with Gasteiger partial charge in [-0.3, -0.25) is 9.59 Å². The molecule has 1 aromatic rings. The number of hydrogen-bond acceptors (Lipinski definition) is 5. The molecule has 0 aliphatic carbocycles. The fourth-order valence-electron chi connectivity index (χ4n) is 1.08. The molecule has 0 saturated carbocycles. The maximum atomic E-state index is 11.0. The van der Waals surface area contributed by atoms with E-state index in [0.717, 1.165) is 0 Å². The Kier molecular flexibility index (Phi) is 2.76. The van der Waals surface area contributed by atoms with Gasteiger partial charge in [-0.2, -0.15) is 0 Å². The first-order chi connectivity index (χ1) is 6.52. The smallest absolute Gasteiger partial charge is 0.254 e. The summed E-state index contributed by atoms with van der Waals surface area (Å²) < 4.78 is 0. The van der Waals surface area contributed by atoms with Gasteiger partial charge < -0.3 is 11.5 Å². The number of primary amides is 1. The van der Waals surface area contributed by atoms with E-state index in [9.17, 15) is 9.59 Å². The van der Waals surface area contributed by atoms with E-state index in [0.29, 0.717) is 0 Å². The molecule has 0 radical (unpaired) electrons. The zero-order chi connectivity index (χ0) is 10.7. The molecule has 1 heterocycles. The summed E-state index contributed by atoms with van der Waals surface area (Å²) in [4.78, 5) is 29.2. The van der Waals surface area contributed by atoms with E-state index in [1.807, 2.05) is 0 Å². The van der Waals surface area contributed by atoms with Gasteiger partial charge in [-0.15, -0.1) is 0 Å². The molecule has 74 valence electrons. The Morgan fingerprint density at radius 3 is 2.57 bits per heavy atom. The molecule has 0 atom stereocenters. The summed E-state index contributed by atoms with van der Waals surface area (Å²) >= 11 is 0. The van der Waals surface area contributed by atoms with E-state index in [4.69, 9.17) is 11.5 Å². The van der Waals surface area contributed by atoms with Crippen LogP contribution < -0.4 is 11.5 Å². The number of carbonyl (C=O) groups is 2. The van der Waals surface area contributed by atoms with E-state index >= 15 is 0 Å². The number of hydrogen-bond donors (Lipinski definition) is 2. The molecule has 0 saturated heterocycles. The van der Waals surface area contributed by atoms with E-state index < -0.39 is 5.91 Å². The molecule has 0 aliphatic rings. The van der Waals surface area contributed by atoms with Crippen LogP contribution in [0.4, 0.5) is 5.82 Å². The molecule has 6 nitrogen and oxygen atoms in total. The van der Waals surface area contributed by atoms with Gasteiger partial charge in [0.1, 0.15) is 23.5 Å². The van der Waals surface area contributed by atoms with E-state index in [2.05, 4.69) is 9.97 Å². The van der Waals surface area contributed by atoms with E-state index in [-0.39, 0.29) is 29.3 Å². The summed E-state index contributed by atoms with van der Waals surface area (Å²) in [5, 5.41) is 0. The predicted octanol–water partition coefficient (Wildman–Crippen LogP) is -0.711. The fourth-order valence-corrected chi connectivity index (χ4v) is 1.08. The van der Waals surface area contributed by atoms with Crippen LogP contribution in [0.15, 0.2) is 6.33 Å². The Labute approximate surface area is 80.3 Å². The molecular weight excluding hydrogens is 184 g/mol. The quantitative estimate of drug-likeness (QED) is 0.660. The van der Waals surface area contributed by atoms with Crippen molar-refractivity contribution in [3.8, 4) is 0 Å². The van der Waals surface area contributed by atoms with Crippen molar-refractivity contribution in [2.75, 3.05) is 5.73 Å². The minimum Gasteiger partial charge on any atom is -0.383 e. The Balaban J connectivity index is 3.21. The summed E-state index contributed by atoms with van der Waals surface area (Å²) in [5.74, 6) is -0.839. The Bertz CT molecular complexity index is 389. The molecule has 6 heteroatoms. The van der Waals surface area contributed by atoms with Crippen molar-refractivity contribution in [1.82, 2.24) is 9.97 Å². The number of nitrogens with zero attached hydrogens (tertiary/aromatic N) is 2. The minimum absolute atomic E-state index is 0.00347. The van der Waals surface area contributed by atoms with Gasteiger partial charge in [0.15, 0.2) is 0 Å². The monoisotopic (exact) mass is 194 g/mol. The van der Waals surface area contributed by atoms with Crippen molar-refractivity contribution in [1.29, 1.82) is 0 Å². The van der Waals surface area contributed by atoms with Crippen molar-refractivity contribution in [3.63, 3.8) is 0 Å². The van der Waals surface area contributed by atoms with Crippen LogP contribution in [0.2, 0.25) is 0 Å². The molecule has 1 amide bonds. The zero-order valence-corrected chi connectivity index (χ0v) is 7.65. The third-order valence-corrected chi connectivity index (χ3v) is 1.62. The van der Waals surface area contributed by atoms with Crippen LogP contribution in [-0.4, -0.2) is 21.7 Å². The number of rotatable bonds is 3. The van der Waals surface area contributed by atoms with Crippen molar-refractivity contribution < 1.29 is 9.59 Å². The highest BCUT2D eigenvalue weighted by atomic mass is 16.1. The van der Waals surface area contributed by atoms with Gasteiger partial charge >= 0.3 is 0 Å². The standard InChI is InChI=1S/C8H10N4O2/c1-4(13)2-5-6(8(10)14)7(9)12-3-11-5/h3H,2H2,1H3,(H2,10,14)(H2,9,11,12). The topological polar surface area (TPSA) is 112 Å². The second-order valence-electron chi connectivity index (χ2n) is 2.82. The fraction of sp³-hybridized carbons (Fsp3) is 0.250. The average molecular weight is 194 g/mol. The lowest BCUT2D eigenvalue weighted by molar-refractivity contribution is -0.116. The molecule has 1 rings (SSSR count). The van der Waals surface area contributed by atoms with Crippen LogP contribution in [0.25, 0.3) is 0 Å². The average Bonchev–Trinajstić information content (AvgIpc) is 2.01. The number of aromatic nitrogens is 2. The highest BCUT2D eigenvalue weighted by Crippen LogP contribution is 2.11. The Hall–Kier alpha value is -1.98. The van der Waals surface area contributed by atoms with Crippen LogP contribution in [0.3, 0.4) is 0 Å².